The first kappa shape index (κ1) is 10.7. The number of rotatable bonds is 3. The SMILES string of the molecule is Cc1cnc2ccc(CC3(CN)CC3)cc2c1. The maximum atomic E-state index is 5.84. The summed E-state index contributed by atoms with van der Waals surface area (Å²) in [4.78, 5) is 4.43. The van der Waals surface area contributed by atoms with Crippen molar-refractivity contribution in [2.75, 3.05) is 6.54 Å². The molecule has 2 nitrogen and oxygen atoms in total. The number of fused-ring (bicyclic) bond motifs is 1. The molecule has 1 heterocycles. The largest absolute Gasteiger partial charge is 0.330 e. The van der Waals surface area contributed by atoms with Gasteiger partial charge in [0.1, 0.15) is 0 Å². The fourth-order valence-electron chi connectivity index (χ4n) is 2.46. The Hall–Kier alpha value is -1.41. The minimum Gasteiger partial charge on any atom is -0.330 e. The minimum absolute atomic E-state index is 0.408. The van der Waals surface area contributed by atoms with E-state index in [0.29, 0.717) is 5.41 Å². The molecular formula is C15H18N2. The third kappa shape index (κ3) is 2.05. The van der Waals surface area contributed by atoms with Crippen LogP contribution in [-0.2, 0) is 6.42 Å². The Balaban J connectivity index is 1.95. The van der Waals surface area contributed by atoms with Crippen molar-refractivity contribution in [3.8, 4) is 0 Å². The zero-order valence-corrected chi connectivity index (χ0v) is 10.2. The molecular weight excluding hydrogens is 208 g/mol. The summed E-state index contributed by atoms with van der Waals surface area (Å²) in [5.41, 5.74) is 9.94. The first-order valence-electron chi connectivity index (χ1n) is 6.26. The quantitative estimate of drug-likeness (QED) is 0.874. The molecule has 2 heteroatoms. The lowest BCUT2D eigenvalue weighted by molar-refractivity contribution is 0.521. The van der Waals surface area contributed by atoms with Gasteiger partial charge in [-0.1, -0.05) is 6.07 Å². The second-order valence-corrected chi connectivity index (χ2v) is 5.42. The Bertz CT molecular complexity index is 556. The zero-order chi connectivity index (χ0) is 11.9. The van der Waals surface area contributed by atoms with Crippen LogP contribution < -0.4 is 5.73 Å². The monoisotopic (exact) mass is 226 g/mol. The van der Waals surface area contributed by atoms with Crippen molar-refractivity contribution in [3.63, 3.8) is 0 Å². The van der Waals surface area contributed by atoms with Crippen molar-refractivity contribution in [2.24, 2.45) is 11.1 Å². The van der Waals surface area contributed by atoms with Crippen LogP contribution in [0.15, 0.2) is 30.5 Å². The van der Waals surface area contributed by atoms with Gasteiger partial charge in [0.15, 0.2) is 0 Å². The van der Waals surface area contributed by atoms with Gasteiger partial charge in [0, 0.05) is 11.6 Å². The van der Waals surface area contributed by atoms with Gasteiger partial charge in [-0.25, -0.2) is 0 Å². The van der Waals surface area contributed by atoms with Crippen molar-refractivity contribution in [2.45, 2.75) is 26.2 Å². The molecule has 2 N–H and O–H groups in total. The van der Waals surface area contributed by atoms with Crippen molar-refractivity contribution in [1.82, 2.24) is 4.98 Å². The zero-order valence-electron chi connectivity index (χ0n) is 10.2. The highest BCUT2D eigenvalue weighted by Gasteiger charge is 2.40. The molecule has 0 atom stereocenters. The smallest absolute Gasteiger partial charge is 0.0702 e. The lowest BCUT2D eigenvalue weighted by Crippen LogP contribution is -2.17. The highest BCUT2D eigenvalue weighted by atomic mass is 14.7. The van der Waals surface area contributed by atoms with E-state index in [1.54, 1.807) is 0 Å². The van der Waals surface area contributed by atoms with Gasteiger partial charge in [-0.2, -0.15) is 0 Å². The Morgan fingerprint density at radius 3 is 2.82 bits per heavy atom. The number of pyridine rings is 1. The van der Waals surface area contributed by atoms with Gasteiger partial charge >= 0.3 is 0 Å². The van der Waals surface area contributed by atoms with Gasteiger partial charge in [0.2, 0.25) is 0 Å². The summed E-state index contributed by atoms with van der Waals surface area (Å²) < 4.78 is 0. The first-order chi connectivity index (χ1) is 8.21. The van der Waals surface area contributed by atoms with E-state index < -0.39 is 0 Å². The van der Waals surface area contributed by atoms with Crippen LogP contribution in [0.5, 0.6) is 0 Å². The minimum atomic E-state index is 0.408. The number of nitrogens with zero attached hydrogens (tertiary/aromatic N) is 1. The van der Waals surface area contributed by atoms with E-state index in [4.69, 9.17) is 5.73 Å². The van der Waals surface area contributed by atoms with E-state index in [1.807, 2.05) is 6.20 Å². The molecule has 2 aromatic rings. The van der Waals surface area contributed by atoms with Crippen molar-refractivity contribution in [1.29, 1.82) is 0 Å². The molecule has 0 saturated heterocycles. The Labute approximate surface area is 102 Å². The van der Waals surface area contributed by atoms with Gasteiger partial charge < -0.3 is 5.73 Å². The number of aryl methyl sites for hydroxylation is 1. The van der Waals surface area contributed by atoms with Crippen LogP contribution in [0.25, 0.3) is 10.9 Å². The Morgan fingerprint density at radius 2 is 2.12 bits per heavy atom. The van der Waals surface area contributed by atoms with Crippen molar-refractivity contribution < 1.29 is 0 Å². The summed E-state index contributed by atoms with van der Waals surface area (Å²) in [6, 6.07) is 8.79. The van der Waals surface area contributed by atoms with Crippen LogP contribution in [0, 0.1) is 12.3 Å². The predicted molar refractivity (Wildman–Crippen MR) is 70.9 cm³/mol. The van der Waals surface area contributed by atoms with Crippen LogP contribution in [0.2, 0.25) is 0 Å². The second kappa shape index (κ2) is 3.81. The number of hydrogen-bond donors (Lipinski definition) is 1. The van der Waals surface area contributed by atoms with E-state index in [9.17, 15) is 0 Å². The van der Waals surface area contributed by atoms with Crippen LogP contribution in [0.3, 0.4) is 0 Å². The molecule has 3 rings (SSSR count). The number of hydrogen-bond acceptors (Lipinski definition) is 2. The molecule has 1 saturated carbocycles. The van der Waals surface area contributed by atoms with Crippen molar-refractivity contribution >= 4 is 10.9 Å². The maximum absolute atomic E-state index is 5.84. The third-order valence-electron chi connectivity index (χ3n) is 3.85. The van der Waals surface area contributed by atoms with Crippen LogP contribution >= 0.6 is 0 Å². The summed E-state index contributed by atoms with van der Waals surface area (Å²) in [5, 5.41) is 1.25. The summed E-state index contributed by atoms with van der Waals surface area (Å²) >= 11 is 0. The molecule has 88 valence electrons. The molecule has 0 bridgehead atoms. The van der Waals surface area contributed by atoms with Gasteiger partial charge in [0.05, 0.1) is 5.52 Å². The van der Waals surface area contributed by atoms with Gasteiger partial charge in [-0.05, 0) is 67.5 Å². The molecule has 1 aromatic heterocycles. The Kier molecular flexibility index (Phi) is 2.40. The van der Waals surface area contributed by atoms with Crippen LogP contribution in [0.4, 0.5) is 0 Å². The van der Waals surface area contributed by atoms with Gasteiger partial charge in [-0.15, -0.1) is 0 Å². The average Bonchev–Trinajstić information content (AvgIpc) is 3.09. The summed E-state index contributed by atoms with van der Waals surface area (Å²) in [6.07, 6.45) is 5.61. The summed E-state index contributed by atoms with van der Waals surface area (Å²) in [6.45, 7) is 2.90. The van der Waals surface area contributed by atoms with E-state index in [1.165, 1.54) is 29.4 Å². The molecule has 0 unspecified atom stereocenters. The van der Waals surface area contributed by atoms with Gasteiger partial charge in [-0.3, -0.25) is 4.98 Å². The highest BCUT2D eigenvalue weighted by Crippen LogP contribution is 2.47. The summed E-state index contributed by atoms with van der Waals surface area (Å²) in [5.74, 6) is 0. The number of benzene rings is 1. The fourth-order valence-corrected chi connectivity index (χ4v) is 2.46. The van der Waals surface area contributed by atoms with E-state index in [2.05, 4.69) is 36.2 Å². The average molecular weight is 226 g/mol. The van der Waals surface area contributed by atoms with Crippen LogP contribution in [0.1, 0.15) is 24.0 Å². The lowest BCUT2D eigenvalue weighted by atomic mass is 9.95. The van der Waals surface area contributed by atoms with E-state index in [0.717, 1.165) is 18.5 Å². The predicted octanol–water partition coefficient (Wildman–Crippen LogP) is 2.82. The van der Waals surface area contributed by atoms with E-state index in [-0.39, 0.29) is 0 Å². The molecule has 1 aliphatic carbocycles. The Morgan fingerprint density at radius 1 is 1.29 bits per heavy atom. The lowest BCUT2D eigenvalue weighted by Gasteiger charge is -2.12. The van der Waals surface area contributed by atoms with Crippen molar-refractivity contribution in [3.05, 3.63) is 41.6 Å². The van der Waals surface area contributed by atoms with Gasteiger partial charge in [0.25, 0.3) is 0 Å². The fraction of sp³-hybridized carbons (Fsp3) is 0.400. The molecule has 1 fully saturated rings. The number of nitrogens with two attached hydrogens (primary N) is 1. The van der Waals surface area contributed by atoms with Crippen LogP contribution in [-0.4, -0.2) is 11.5 Å². The molecule has 1 aliphatic rings. The molecule has 0 spiro atoms. The maximum Gasteiger partial charge on any atom is 0.0702 e. The molecule has 0 radical (unpaired) electrons. The van der Waals surface area contributed by atoms with E-state index >= 15 is 0 Å². The molecule has 0 amide bonds. The molecule has 0 aliphatic heterocycles. The summed E-state index contributed by atoms with van der Waals surface area (Å²) in [7, 11) is 0. The third-order valence-corrected chi connectivity index (χ3v) is 3.85. The highest BCUT2D eigenvalue weighted by molar-refractivity contribution is 5.79. The normalized spacial score (nSPS) is 17.3. The topological polar surface area (TPSA) is 38.9 Å². The first-order valence-corrected chi connectivity index (χ1v) is 6.26. The standard InChI is InChI=1S/C15H18N2/c1-11-6-13-7-12(2-3-14(13)17-9-11)8-15(10-16)4-5-15/h2-3,6-7,9H,4-5,8,10,16H2,1H3. The molecule has 17 heavy (non-hydrogen) atoms. The molecule has 1 aromatic carbocycles. The number of aromatic nitrogens is 1. The second-order valence-electron chi connectivity index (χ2n) is 5.42.